The SMILES string of the molecule is COC(=O)[C@H](CSSC[C@H](C(=O)N[C@H](Cc1ccccc1)C(=O)NCC(=O)OC(C)(C)C)N1C(=O)CCC1=O)NC(=O)OCc1ccccc1. The normalized spacial score (nSPS) is 14.6. The Hall–Kier alpha value is -4.57. The number of carbonyl (C=O) groups excluding carboxylic acids is 7. The average molecular weight is 731 g/mol. The molecule has 0 saturated carbocycles. The van der Waals surface area contributed by atoms with Crippen molar-refractivity contribution in [1.29, 1.82) is 0 Å². The topological polar surface area (TPSA) is 187 Å². The highest BCUT2D eigenvalue weighted by Crippen LogP contribution is 2.27. The molecule has 1 aliphatic heterocycles. The van der Waals surface area contributed by atoms with Gasteiger partial charge in [0.1, 0.15) is 36.9 Å². The zero-order valence-electron chi connectivity index (χ0n) is 28.3. The predicted molar refractivity (Wildman–Crippen MR) is 186 cm³/mol. The van der Waals surface area contributed by atoms with Crippen molar-refractivity contribution >= 4 is 63.2 Å². The van der Waals surface area contributed by atoms with Gasteiger partial charge in [0.25, 0.3) is 0 Å². The number of carbonyl (C=O) groups is 7. The van der Waals surface area contributed by atoms with Crippen molar-refractivity contribution in [3.05, 3.63) is 71.8 Å². The number of amides is 5. The molecule has 1 fully saturated rings. The number of ether oxygens (including phenoxy) is 3. The summed E-state index contributed by atoms with van der Waals surface area (Å²) in [6.07, 6.45) is -0.918. The molecule has 0 unspecified atom stereocenters. The molecular formula is C34H42N4O10S2. The summed E-state index contributed by atoms with van der Waals surface area (Å²) in [5, 5.41) is 7.63. The van der Waals surface area contributed by atoms with Crippen LogP contribution in [0.25, 0.3) is 0 Å². The first-order chi connectivity index (χ1) is 23.8. The molecule has 2 aromatic rings. The van der Waals surface area contributed by atoms with Gasteiger partial charge in [-0.3, -0.25) is 28.9 Å². The van der Waals surface area contributed by atoms with E-state index in [0.29, 0.717) is 5.56 Å². The summed E-state index contributed by atoms with van der Waals surface area (Å²) in [6.45, 7) is 4.62. The molecular weight excluding hydrogens is 689 g/mol. The van der Waals surface area contributed by atoms with Crippen molar-refractivity contribution in [3.63, 3.8) is 0 Å². The fraction of sp³-hybridized carbons (Fsp3) is 0.441. The number of hydrogen-bond acceptors (Lipinski definition) is 12. The molecule has 0 aliphatic carbocycles. The highest BCUT2D eigenvalue weighted by atomic mass is 33.1. The van der Waals surface area contributed by atoms with Crippen LogP contribution in [0.2, 0.25) is 0 Å². The number of nitrogens with zero attached hydrogens (tertiary/aromatic N) is 1. The van der Waals surface area contributed by atoms with E-state index in [0.717, 1.165) is 32.1 Å². The Kier molecular flexibility index (Phi) is 15.6. The molecule has 1 aliphatic rings. The predicted octanol–water partition coefficient (Wildman–Crippen LogP) is 2.54. The molecule has 270 valence electrons. The summed E-state index contributed by atoms with van der Waals surface area (Å²) in [7, 11) is 3.35. The monoisotopic (exact) mass is 730 g/mol. The van der Waals surface area contributed by atoms with Gasteiger partial charge >= 0.3 is 18.0 Å². The third-order valence-corrected chi connectivity index (χ3v) is 9.39. The highest BCUT2D eigenvalue weighted by molar-refractivity contribution is 8.76. The molecule has 0 bridgehead atoms. The van der Waals surface area contributed by atoms with E-state index in [9.17, 15) is 33.6 Å². The molecule has 0 radical (unpaired) electrons. The van der Waals surface area contributed by atoms with Gasteiger partial charge in [-0.25, -0.2) is 9.59 Å². The van der Waals surface area contributed by atoms with Crippen molar-refractivity contribution in [1.82, 2.24) is 20.9 Å². The van der Waals surface area contributed by atoms with E-state index in [4.69, 9.17) is 14.2 Å². The summed E-state index contributed by atoms with van der Waals surface area (Å²) >= 11 is 0. The molecule has 2 aromatic carbocycles. The van der Waals surface area contributed by atoms with Crippen LogP contribution >= 0.6 is 21.6 Å². The Labute approximate surface area is 298 Å². The van der Waals surface area contributed by atoms with Crippen molar-refractivity contribution in [2.45, 2.75) is 70.4 Å². The molecule has 14 nitrogen and oxygen atoms in total. The van der Waals surface area contributed by atoms with Crippen LogP contribution in [0.15, 0.2) is 60.7 Å². The minimum atomic E-state index is -1.30. The smallest absolute Gasteiger partial charge is 0.408 e. The summed E-state index contributed by atoms with van der Waals surface area (Å²) in [4.78, 5) is 90.5. The van der Waals surface area contributed by atoms with Crippen molar-refractivity contribution in [3.8, 4) is 0 Å². The second-order valence-corrected chi connectivity index (χ2v) is 14.6. The highest BCUT2D eigenvalue weighted by Gasteiger charge is 2.40. The van der Waals surface area contributed by atoms with E-state index in [-0.39, 0.29) is 37.4 Å². The van der Waals surface area contributed by atoms with Gasteiger partial charge in [0, 0.05) is 30.8 Å². The van der Waals surface area contributed by atoms with Crippen LogP contribution in [0.1, 0.15) is 44.7 Å². The number of esters is 2. The van der Waals surface area contributed by atoms with Crippen molar-refractivity contribution in [2.75, 3.05) is 25.2 Å². The lowest BCUT2D eigenvalue weighted by atomic mass is 10.0. The number of nitrogens with one attached hydrogen (secondary N) is 3. The summed E-state index contributed by atoms with van der Waals surface area (Å²) in [6, 6.07) is 14.3. The first-order valence-electron chi connectivity index (χ1n) is 15.8. The first-order valence-corrected chi connectivity index (χ1v) is 18.2. The van der Waals surface area contributed by atoms with Gasteiger partial charge in [0.15, 0.2) is 0 Å². The lowest BCUT2D eigenvalue weighted by Crippen LogP contribution is -2.56. The maximum atomic E-state index is 13.8. The van der Waals surface area contributed by atoms with E-state index in [2.05, 4.69) is 16.0 Å². The summed E-state index contributed by atoms with van der Waals surface area (Å²) < 4.78 is 15.3. The Balaban J connectivity index is 1.68. The van der Waals surface area contributed by atoms with Gasteiger partial charge in [0.05, 0.1) is 7.11 Å². The number of benzene rings is 2. The number of rotatable bonds is 17. The average Bonchev–Trinajstić information content (AvgIpc) is 3.41. The van der Waals surface area contributed by atoms with Gasteiger partial charge in [-0.2, -0.15) is 0 Å². The largest absolute Gasteiger partial charge is 0.467 e. The van der Waals surface area contributed by atoms with Gasteiger partial charge < -0.3 is 30.2 Å². The van der Waals surface area contributed by atoms with Gasteiger partial charge in [-0.15, -0.1) is 0 Å². The number of alkyl carbamates (subject to hydrolysis) is 1. The van der Waals surface area contributed by atoms with Crippen LogP contribution in [0, 0.1) is 0 Å². The number of imide groups is 1. The molecule has 16 heteroatoms. The number of likely N-dealkylation sites (tertiary alicyclic amines) is 1. The van der Waals surface area contributed by atoms with Gasteiger partial charge in [-0.05, 0) is 31.9 Å². The summed E-state index contributed by atoms with van der Waals surface area (Å²) in [5.74, 6) is -4.00. The van der Waals surface area contributed by atoms with E-state index in [1.165, 1.54) is 7.11 Å². The standard InChI is InChI=1S/C34H42N4O10S2/c1-34(2,3)48-29(41)18-35-30(42)24(17-22-11-7-5-8-12-22)36-31(43)26(38-27(39)15-16-28(38)40)21-50-49-20-25(32(44)46-4)37-33(45)47-19-23-13-9-6-10-14-23/h5-14,24-26H,15-21H2,1-4H3,(H,35,42)(H,36,43)(H,37,45)/t24-,25+,26-/m1/s1. The van der Waals surface area contributed by atoms with Crippen LogP contribution in [0.4, 0.5) is 4.79 Å². The van der Waals surface area contributed by atoms with Crippen LogP contribution in [0.3, 0.4) is 0 Å². The van der Waals surface area contributed by atoms with Crippen molar-refractivity contribution < 1.29 is 47.8 Å². The second kappa shape index (κ2) is 19.6. The first kappa shape index (κ1) is 39.9. The lowest BCUT2D eigenvalue weighted by molar-refractivity contribution is -0.154. The van der Waals surface area contributed by atoms with E-state index in [1.807, 2.05) is 6.07 Å². The number of methoxy groups -OCH3 is 1. The molecule has 3 N–H and O–H groups in total. The molecule has 1 heterocycles. The molecule has 3 rings (SSSR count). The van der Waals surface area contributed by atoms with Crippen LogP contribution < -0.4 is 16.0 Å². The molecule has 50 heavy (non-hydrogen) atoms. The molecule has 1 saturated heterocycles. The Morgan fingerprint density at radius 2 is 1.38 bits per heavy atom. The van der Waals surface area contributed by atoms with Gasteiger partial charge in [-0.1, -0.05) is 82.3 Å². The Morgan fingerprint density at radius 3 is 1.96 bits per heavy atom. The second-order valence-electron chi connectivity index (χ2n) is 12.1. The summed E-state index contributed by atoms with van der Waals surface area (Å²) in [5.41, 5.74) is 0.697. The molecule has 0 aromatic heterocycles. The molecule has 3 atom stereocenters. The molecule has 0 spiro atoms. The van der Waals surface area contributed by atoms with E-state index < -0.39 is 71.9 Å². The van der Waals surface area contributed by atoms with E-state index in [1.54, 1.807) is 75.4 Å². The number of hydrogen-bond donors (Lipinski definition) is 3. The minimum Gasteiger partial charge on any atom is -0.467 e. The third-order valence-electron chi connectivity index (χ3n) is 6.98. The zero-order chi connectivity index (χ0) is 36.7. The van der Waals surface area contributed by atoms with E-state index >= 15 is 0 Å². The Morgan fingerprint density at radius 1 is 0.800 bits per heavy atom. The quantitative estimate of drug-likeness (QED) is 0.0711. The fourth-order valence-corrected chi connectivity index (χ4v) is 6.99. The van der Waals surface area contributed by atoms with Crippen LogP contribution in [-0.2, 0) is 56.0 Å². The van der Waals surface area contributed by atoms with Crippen molar-refractivity contribution in [2.24, 2.45) is 0 Å². The van der Waals surface area contributed by atoms with Gasteiger partial charge in [0.2, 0.25) is 23.6 Å². The zero-order valence-corrected chi connectivity index (χ0v) is 29.9. The maximum Gasteiger partial charge on any atom is 0.408 e. The van der Waals surface area contributed by atoms with Crippen LogP contribution in [-0.4, -0.2) is 95.4 Å². The molecule has 5 amide bonds. The fourth-order valence-electron chi connectivity index (χ4n) is 4.64. The lowest BCUT2D eigenvalue weighted by Gasteiger charge is -2.27. The Bertz CT molecular complexity index is 1490. The maximum absolute atomic E-state index is 13.8. The minimum absolute atomic E-state index is 0.00227. The van der Waals surface area contributed by atoms with Crippen LogP contribution in [0.5, 0.6) is 0 Å². The third kappa shape index (κ3) is 13.4.